The second kappa shape index (κ2) is 5.47. The van der Waals surface area contributed by atoms with Gasteiger partial charge in [0.1, 0.15) is 5.75 Å². The number of hydrogen-bond acceptors (Lipinski definition) is 4. The minimum atomic E-state index is -0.516. The van der Waals surface area contributed by atoms with Gasteiger partial charge in [-0.3, -0.25) is 19.8 Å². The van der Waals surface area contributed by atoms with Gasteiger partial charge in [-0.15, -0.1) is 0 Å². The van der Waals surface area contributed by atoms with E-state index in [0.717, 1.165) is 17.0 Å². The monoisotopic (exact) mass is 326 g/mol. The Morgan fingerprint density at radius 3 is 2.29 bits per heavy atom. The Morgan fingerprint density at radius 1 is 1.12 bits per heavy atom. The molecule has 6 heteroatoms. The summed E-state index contributed by atoms with van der Waals surface area (Å²) in [6.45, 7) is 1.71. The fourth-order valence-corrected chi connectivity index (χ4v) is 3.95. The van der Waals surface area contributed by atoms with Gasteiger partial charge >= 0.3 is 0 Å². The second-order valence-corrected chi connectivity index (χ2v) is 6.65. The van der Waals surface area contributed by atoms with E-state index in [1.165, 1.54) is 0 Å². The van der Waals surface area contributed by atoms with Crippen molar-refractivity contribution in [2.75, 3.05) is 6.61 Å². The van der Waals surface area contributed by atoms with E-state index < -0.39 is 5.91 Å². The molecule has 24 heavy (non-hydrogen) atoms. The maximum absolute atomic E-state index is 12.5. The summed E-state index contributed by atoms with van der Waals surface area (Å²) < 4.78 is 5.38. The van der Waals surface area contributed by atoms with Gasteiger partial charge in [0.25, 0.3) is 17.7 Å². The van der Waals surface area contributed by atoms with E-state index in [1.54, 1.807) is 12.1 Å². The van der Waals surface area contributed by atoms with Crippen LogP contribution in [0.25, 0.3) is 0 Å². The third kappa shape index (κ3) is 2.29. The summed E-state index contributed by atoms with van der Waals surface area (Å²) in [6.07, 6.45) is 4.90. The minimum absolute atomic E-state index is 0.127. The first kappa shape index (κ1) is 14.9. The average molecular weight is 326 g/mol. The maximum Gasteiger partial charge on any atom is 0.276 e. The van der Waals surface area contributed by atoms with E-state index in [0.29, 0.717) is 5.75 Å². The van der Waals surface area contributed by atoms with Crippen LogP contribution in [-0.2, 0) is 14.4 Å². The van der Waals surface area contributed by atoms with Gasteiger partial charge < -0.3 is 4.74 Å². The van der Waals surface area contributed by atoms with Crippen molar-refractivity contribution in [1.29, 1.82) is 0 Å². The van der Waals surface area contributed by atoms with Crippen molar-refractivity contribution >= 4 is 17.7 Å². The zero-order valence-electron chi connectivity index (χ0n) is 13.3. The molecule has 1 aliphatic heterocycles. The zero-order chi connectivity index (χ0) is 16.8. The Kier molecular flexibility index (Phi) is 3.40. The number of carbonyl (C=O) groups is 3. The van der Waals surface area contributed by atoms with Crippen molar-refractivity contribution < 1.29 is 19.1 Å². The highest BCUT2D eigenvalue weighted by atomic mass is 16.5. The van der Waals surface area contributed by atoms with Crippen molar-refractivity contribution in [3.05, 3.63) is 42.0 Å². The summed E-state index contributed by atoms with van der Waals surface area (Å²) in [5.41, 5.74) is 3.49. The van der Waals surface area contributed by atoms with Gasteiger partial charge in [0, 0.05) is 0 Å². The Labute approximate surface area is 139 Å². The normalized spacial score (nSPS) is 30.0. The number of amides is 3. The molecule has 1 aromatic carbocycles. The first-order chi connectivity index (χ1) is 11.5. The molecule has 1 N–H and O–H groups in total. The lowest BCUT2D eigenvalue weighted by Crippen LogP contribution is -2.48. The first-order valence-corrected chi connectivity index (χ1v) is 8.09. The van der Waals surface area contributed by atoms with E-state index in [1.807, 2.05) is 31.2 Å². The highest BCUT2D eigenvalue weighted by molar-refractivity contribution is 6.07. The van der Waals surface area contributed by atoms with Gasteiger partial charge in [0.05, 0.1) is 11.8 Å². The number of hydrazine groups is 1. The van der Waals surface area contributed by atoms with Crippen molar-refractivity contribution in [1.82, 2.24) is 10.4 Å². The lowest BCUT2D eigenvalue weighted by Gasteiger charge is -2.18. The Bertz CT molecular complexity index is 710. The van der Waals surface area contributed by atoms with Crippen molar-refractivity contribution in [3.8, 4) is 5.75 Å². The summed E-state index contributed by atoms with van der Waals surface area (Å²) >= 11 is 0. The van der Waals surface area contributed by atoms with Gasteiger partial charge in [-0.2, -0.15) is 5.01 Å². The number of nitrogens with one attached hydrogen (secondary N) is 1. The minimum Gasteiger partial charge on any atom is -0.484 e. The molecule has 3 amide bonds. The topological polar surface area (TPSA) is 75.7 Å². The van der Waals surface area contributed by atoms with Crippen molar-refractivity contribution in [3.63, 3.8) is 0 Å². The lowest BCUT2D eigenvalue weighted by molar-refractivity contribution is -0.150. The van der Waals surface area contributed by atoms with Gasteiger partial charge in [0.15, 0.2) is 6.61 Å². The number of ether oxygens (including phenoxy) is 1. The van der Waals surface area contributed by atoms with Crippen molar-refractivity contribution in [2.24, 2.45) is 23.7 Å². The third-order valence-corrected chi connectivity index (χ3v) is 5.10. The fourth-order valence-electron chi connectivity index (χ4n) is 3.95. The molecule has 1 heterocycles. The van der Waals surface area contributed by atoms with E-state index in [4.69, 9.17) is 4.74 Å². The molecule has 1 aromatic rings. The van der Waals surface area contributed by atoms with E-state index in [-0.39, 0.29) is 42.1 Å². The number of aryl methyl sites for hydroxylation is 1. The number of allylic oxidation sites excluding steroid dienone is 2. The molecule has 0 radical (unpaired) electrons. The Morgan fingerprint density at radius 2 is 1.71 bits per heavy atom. The lowest BCUT2D eigenvalue weighted by atomic mass is 9.85. The largest absolute Gasteiger partial charge is 0.484 e. The third-order valence-electron chi connectivity index (χ3n) is 5.10. The van der Waals surface area contributed by atoms with Gasteiger partial charge in [0.2, 0.25) is 0 Å². The smallest absolute Gasteiger partial charge is 0.276 e. The molecule has 0 aromatic heterocycles. The van der Waals surface area contributed by atoms with Crippen LogP contribution in [0.1, 0.15) is 12.0 Å². The number of carbonyl (C=O) groups excluding carboxylic acids is 3. The summed E-state index contributed by atoms with van der Waals surface area (Å²) in [6, 6.07) is 7.29. The average Bonchev–Trinajstić information content (AvgIpc) is 3.24. The molecule has 1 saturated heterocycles. The van der Waals surface area contributed by atoms with Crippen LogP contribution in [-0.4, -0.2) is 29.3 Å². The molecular weight excluding hydrogens is 308 g/mol. The zero-order valence-corrected chi connectivity index (χ0v) is 13.3. The fraction of sp³-hybridized carbons (Fsp3) is 0.389. The predicted molar refractivity (Wildman–Crippen MR) is 84.4 cm³/mol. The van der Waals surface area contributed by atoms with Crippen LogP contribution < -0.4 is 10.2 Å². The van der Waals surface area contributed by atoms with Gasteiger partial charge in [-0.1, -0.05) is 29.8 Å². The summed E-state index contributed by atoms with van der Waals surface area (Å²) in [5.74, 6) is -0.927. The Balaban J connectivity index is 1.37. The van der Waals surface area contributed by atoms with Crippen LogP contribution in [0.4, 0.5) is 0 Å². The molecule has 0 unspecified atom stereocenters. The number of fused-ring (bicyclic) bond motifs is 5. The maximum atomic E-state index is 12.5. The van der Waals surface area contributed by atoms with Crippen LogP contribution in [0.15, 0.2) is 36.4 Å². The van der Waals surface area contributed by atoms with E-state index in [2.05, 4.69) is 5.43 Å². The number of benzene rings is 1. The first-order valence-electron chi connectivity index (χ1n) is 8.09. The second-order valence-electron chi connectivity index (χ2n) is 6.65. The molecule has 0 spiro atoms. The molecule has 4 rings (SSSR count). The molecule has 4 atom stereocenters. The summed E-state index contributed by atoms with van der Waals surface area (Å²) in [5, 5.41) is 0.891. The summed E-state index contributed by atoms with van der Waals surface area (Å²) in [4.78, 5) is 36.9. The van der Waals surface area contributed by atoms with E-state index >= 15 is 0 Å². The molecule has 2 fully saturated rings. The van der Waals surface area contributed by atoms with E-state index in [9.17, 15) is 14.4 Å². The SMILES string of the molecule is Cc1ccc(OCC(=O)NN2C(=O)[C@@H]3[C@@H](C2=O)[C@H]2C=C[C@H]3C2)cc1. The van der Waals surface area contributed by atoms with Crippen LogP contribution >= 0.6 is 0 Å². The molecule has 3 aliphatic rings. The number of nitrogens with zero attached hydrogens (tertiary/aromatic N) is 1. The highest BCUT2D eigenvalue weighted by Crippen LogP contribution is 2.52. The van der Waals surface area contributed by atoms with Gasteiger partial charge in [-0.05, 0) is 37.3 Å². The van der Waals surface area contributed by atoms with Crippen molar-refractivity contribution in [2.45, 2.75) is 13.3 Å². The highest BCUT2D eigenvalue weighted by Gasteiger charge is 2.59. The number of rotatable bonds is 4. The molecular formula is C18H18N2O4. The number of imide groups is 1. The Hall–Kier alpha value is -2.63. The van der Waals surface area contributed by atoms with Gasteiger partial charge in [-0.25, -0.2) is 0 Å². The molecule has 2 bridgehead atoms. The quantitative estimate of drug-likeness (QED) is 0.667. The van der Waals surface area contributed by atoms with Crippen LogP contribution in [0.2, 0.25) is 0 Å². The molecule has 2 aliphatic carbocycles. The molecule has 6 nitrogen and oxygen atoms in total. The summed E-state index contributed by atoms with van der Waals surface area (Å²) in [7, 11) is 0. The predicted octanol–water partition coefficient (Wildman–Crippen LogP) is 1.21. The van der Waals surface area contributed by atoms with Crippen LogP contribution in [0.3, 0.4) is 0 Å². The standard InChI is InChI=1S/C18H18N2O4/c1-10-2-6-13(7-3-10)24-9-14(21)19-20-17(22)15-11-4-5-12(8-11)16(15)18(20)23/h2-7,11-12,15-16H,8-9H2,1H3,(H,19,21)/t11-,12-,15-,16-/m0/s1. The molecule has 124 valence electrons. The van der Waals surface area contributed by atoms with Crippen LogP contribution in [0, 0.1) is 30.6 Å². The number of hydrogen-bond donors (Lipinski definition) is 1. The molecule has 1 saturated carbocycles. The van der Waals surface area contributed by atoms with Crippen LogP contribution in [0.5, 0.6) is 5.75 Å².